The summed E-state index contributed by atoms with van der Waals surface area (Å²) in [5.41, 5.74) is 4.98. The summed E-state index contributed by atoms with van der Waals surface area (Å²) in [6.45, 7) is 4.73. The molecule has 1 unspecified atom stereocenters. The molecule has 3 aromatic carbocycles. The van der Waals surface area contributed by atoms with Crippen molar-refractivity contribution < 1.29 is 33.3 Å². The highest BCUT2D eigenvalue weighted by Crippen LogP contribution is 2.48. The second-order valence-electron chi connectivity index (χ2n) is 11.3. The van der Waals surface area contributed by atoms with E-state index in [0.29, 0.717) is 30.0 Å². The van der Waals surface area contributed by atoms with Gasteiger partial charge in [-0.15, -0.1) is 0 Å². The quantitative estimate of drug-likeness (QED) is 0.225. The van der Waals surface area contributed by atoms with Gasteiger partial charge in [0.15, 0.2) is 11.6 Å². The van der Waals surface area contributed by atoms with E-state index in [1.54, 1.807) is 13.2 Å². The van der Waals surface area contributed by atoms with Crippen molar-refractivity contribution in [3.63, 3.8) is 0 Å². The number of ether oxygens (including phenoxy) is 3. The highest BCUT2D eigenvalue weighted by Gasteiger charge is 2.48. The zero-order valence-electron chi connectivity index (χ0n) is 25.2. The van der Waals surface area contributed by atoms with E-state index >= 15 is 0 Å². The number of rotatable bonds is 12. The Morgan fingerprint density at radius 1 is 1.07 bits per heavy atom. The van der Waals surface area contributed by atoms with Crippen LogP contribution in [0.3, 0.4) is 0 Å². The van der Waals surface area contributed by atoms with E-state index in [2.05, 4.69) is 5.32 Å². The summed E-state index contributed by atoms with van der Waals surface area (Å²) in [7, 11) is 1.67. The summed E-state index contributed by atoms with van der Waals surface area (Å²) in [6.07, 6.45) is 3.06. The van der Waals surface area contributed by atoms with Crippen LogP contribution in [0, 0.1) is 11.7 Å². The van der Waals surface area contributed by atoms with Crippen molar-refractivity contribution in [1.29, 1.82) is 0 Å². The van der Waals surface area contributed by atoms with Crippen LogP contribution in [-0.2, 0) is 33.6 Å². The van der Waals surface area contributed by atoms with E-state index in [9.17, 15) is 19.1 Å². The summed E-state index contributed by atoms with van der Waals surface area (Å²) in [5.74, 6) is -3.17. The standard InChI is InChI=1S/C34H38ClFN2O6/c1-4-21-13-25(35)14-22(5-2)31(21)37-29(39)18-38-17-26(24-15-27(36)33-28(16-24)43-19-44-33)30(34(40)41)32(38)23-10-8-20(9-11-23)7-6-12-42-3/h8-11,13-16,26,30,32H,4-7,12,17-19H2,1-3H3,(H,37,39)(H,40,41)/t26-,30?,32+/m1/s1. The maximum Gasteiger partial charge on any atom is 0.309 e. The lowest BCUT2D eigenvalue weighted by molar-refractivity contribution is -0.143. The first-order valence-electron chi connectivity index (χ1n) is 15.0. The molecule has 234 valence electrons. The van der Waals surface area contributed by atoms with Gasteiger partial charge in [0.25, 0.3) is 0 Å². The maximum absolute atomic E-state index is 15.0. The molecule has 1 amide bonds. The SMILES string of the molecule is CCc1cc(Cl)cc(CC)c1NC(=O)CN1C[C@H](c2cc(F)c3c(c2)OCO3)C(C(=O)O)[C@@H]1c1ccc(CCCOC)cc1. The van der Waals surface area contributed by atoms with Crippen LogP contribution in [0.5, 0.6) is 11.5 Å². The van der Waals surface area contributed by atoms with Gasteiger partial charge >= 0.3 is 5.97 Å². The fourth-order valence-corrected chi connectivity index (χ4v) is 6.70. The zero-order valence-corrected chi connectivity index (χ0v) is 26.0. The number of aliphatic carboxylic acids is 1. The second kappa shape index (κ2) is 14.0. The first-order valence-corrected chi connectivity index (χ1v) is 15.4. The van der Waals surface area contributed by atoms with Crippen LogP contribution in [0.15, 0.2) is 48.5 Å². The zero-order chi connectivity index (χ0) is 31.4. The number of halogens is 2. The van der Waals surface area contributed by atoms with Crippen LogP contribution in [-0.4, -0.2) is 55.5 Å². The minimum Gasteiger partial charge on any atom is -0.481 e. The number of nitrogens with zero attached hydrogens (tertiary/aromatic N) is 1. The smallest absolute Gasteiger partial charge is 0.309 e. The van der Waals surface area contributed by atoms with Crippen LogP contribution in [0.25, 0.3) is 0 Å². The Balaban J connectivity index is 1.48. The first-order chi connectivity index (χ1) is 21.2. The number of benzene rings is 3. The van der Waals surface area contributed by atoms with Gasteiger partial charge in [-0.1, -0.05) is 49.7 Å². The summed E-state index contributed by atoms with van der Waals surface area (Å²) >= 11 is 6.33. The molecule has 1 fully saturated rings. The average molecular weight is 625 g/mol. The maximum atomic E-state index is 15.0. The number of carbonyl (C=O) groups is 2. The molecule has 0 aromatic heterocycles. The third kappa shape index (κ3) is 6.70. The second-order valence-corrected chi connectivity index (χ2v) is 11.7. The molecule has 8 nitrogen and oxygen atoms in total. The number of hydrogen-bond donors (Lipinski definition) is 2. The minimum atomic E-state index is -1.02. The topological polar surface area (TPSA) is 97.3 Å². The van der Waals surface area contributed by atoms with E-state index in [1.807, 2.05) is 55.1 Å². The number of carbonyl (C=O) groups excluding carboxylic acids is 1. The molecule has 0 aliphatic carbocycles. The van der Waals surface area contributed by atoms with Crippen molar-refractivity contribution in [3.05, 3.63) is 87.2 Å². The number of likely N-dealkylation sites (tertiary alicyclic amines) is 1. The van der Waals surface area contributed by atoms with E-state index in [4.69, 9.17) is 25.8 Å². The lowest BCUT2D eigenvalue weighted by atomic mass is 9.82. The van der Waals surface area contributed by atoms with Crippen LogP contribution in [0.1, 0.15) is 60.0 Å². The van der Waals surface area contributed by atoms with Crippen LogP contribution in [0.4, 0.5) is 10.1 Å². The predicted molar refractivity (Wildman–Crippen MR) is 166 cm³/mol. The molecule has 2 aliphatic heterocycles. The van der Waals surface area contributed by atoms with Crippen molar-refractivity contribution in [2.24, 2.45) is 5.92 Å². The predicted octanol–water partition coefficient (Wildman–Crippen LogP) is 6.39. The molecule has 3 atom stereocenters. The molecule has 44 heavy (non-hydrogen) atoms. The fraction of sp³-hybridized carbons (Fsp3) is 0.412. The lowest BCUT2D eigenvalue weighted by Crippen LogP contribution is -2.35. The molecule has 10 heteroatoms. The van der Waals surface area contributed by atoms with Crippen LogP contribution >= 0.6 is 11.6 Å². The average Bonchev–Trinajstić information content (AvgIpc) is 3.64. The Bertz CT molecular complexity index is 1490. The molecule has 1 saturated heterocycles. The van der Waals surface area contributed by atoms with Gasteiger partial charge < -0.3 is 24.6 Å². The molecule has 0 bridgehead atoms. The van der Waals surface area contributed by atoms with Crippen LogP contribution in [0.2, 0.25) is 5.02 Å². The minimum absolute atomic E-state index is 0.0249. The molecule has 2 aliphatic rings. The number of fused-ring (bicyclic) bond motifs is 1. The molecule has 5 rings (SSSR count). The number of carboxylic acid groups (broad SMARTS) is 1. The third-order valence-corrected chi connectivity index (χ3v) is 8.75. The van der Waals surface area contributed by atoms with Gasteiger partial charge in [0, 0.05) is 42.9 Å². The Labute approximate surface area is 262 Å². The van der Waals surface area contributed by atoms with Crippen molar-refractivity contribution in [1.82, 2.24) is 4.90 Å². The van der Waals surface area contributed by atoms with E-state index in [0.717, 1.165) is 40.8 Å². The van der Waals surface area contributed by atoms with Crippen molar-refractivity contribution in [2.45, 2.75) is 51.5 Å². The fourth-order valence-electron chi connectivity index (χ4n) is 6.44. The highest BCUT2D eigenvalue weighted by atomic mass is 35.5. The molecule has 0 radical (unpaired) electrons. The van der Waals surface area contributed by atoms with Gasteiger partial charge in [0.1, 0.15) is 0 Å². The van der Waals surface area contributed by atoms with Crippen molar-refractivity contribution >= 4 is 29.2 Å². The van der Waals surface area contributed by atoms with E-state index < -0.39 is 29.7 Å². The summed E-state index contributed by atoms with van der Waals surface area (Å²) in [4.78, 5) is 28.5. The molecule has 2 N–H and O–H groups in total. The Morgan fingerprint density at radius 2 is 1.77 bits per heavy atom. The molecule has 0 spiro atoms. The largest absolute Gasteiger partial charge is 0.481 e. The van der Waals surface area contributed by atoms with E-state index in [-0.39, 0.29) is 37.3 Å². The molecular formula is C34H38ClFN2O6. The van der Waals surface area contributed by atoms with Gasteiger partial charge in [0.05, 0.1) is 12.5 Å². The van der Waals surface area contributed by atoms with Crippen LogP contribution < -0.4 is 14.8 Å². The number of nitrogens with one attached hydrogen (secondary N) is 1. The third-order valence-electron chi connectivity index (χ3n) is 8.54. The Hall–Kier alpha value is -3.66. The Kier molecular flexibility index (Phi) is 10.1. The normalized spacial score (nSPS) is 19.3. The van der Waals surface area contributed by atoms with Gasteiger partial charge in [-0.25, -0.2) is 4.39 Å². The molecular weight excluding hydrogens is 587 g/mol. The summed E-state index contributed by atoms with van der Waals surface area (Å²) in [5, 5.41) is 14.3. The lowest BCUT2D eigenvalue weighted by Gasteiger charge is -2.27. The number of methoxy groups -OCH3 is 1. The van der Waals surface area contributed by atoms with Gasteiger partial charge in [-0.05, 0) is 77.8 Å². The number of anilines is 1. The number of aryl methyl sites for hydroxylation is 3. The monoisotopic (exact) mass is 624 g/mol. The summed E-state index contributed by atoms with van der Waals surface area (Å²) in [6, 6.07) is 13.9. The van der Waals surface area contributed by atoms with Crippen molar-refractivity contribution in [3.8, 4) is 11.5 Å². The molecule has 0 saturated carbocycles. The van der Waals surface area contributed by atoms with Gasteiger partial charge in [-0.3, -0.25) is 14.5 Å². The molecule has 2 heterocycles. The van der Waals surface area contributed by atoms with Crippen molar-refractivity contribution in [2.75, 3.05) is 38.9 Å². The van der Waals surface area contributed by atoms with Gasteiger partial charge in [0.2, 0.25) is 18.4 Å². The Morgan fingerprint density at radius 3 is 2.41 bits per heavy atom. The number of carboxylic acids is 1. The highest BCUT2D eigenvalue weighted by molar-refractivity contribution is 6.30. The first kappa shape index (κ1) is 31.8. The number of hydrogen-bond acceptors (Lipinski definition) is 6. The van der Waals surface area contributed by atoms with Gasteiger partial charge in [-0.2, -0.15) is 0 Å². The molecule has 3 aromatic rings. The summed E-state index contributed by atoms with van der Waals surface area (Å²) < 4.78 is 30.8. The number of amides is 1. The van der Waals surface area contributed by atoms with E-state index in [1.165, 1.54) is 6.07 Å².